The Hall–Kier alpha value is 1.08. The Morgan fingerprint density at radius 2 is 1.44 bits per heavy atom. The van der Waals surface area contributed by atoms with E-state index in [0.717, 1.165) is 32.5 Å². The monoisotopic (exact) mass is 566 g/mol. The average molecular weight is 569 g/mol. The zero-order valence-electron chi connectivity index (χ0n) is 20.1. The van der Waals surface area contributed by atoms with Crippen LogP contribution in [0.1, 0.15) is 47.0 Å². The molecule has 170 valence electrons. The second-order valence-corrected chi connectivity index (χ2v) is 17.3. The van der Waals surface area contributed by atoms with Gasteiger partial charge in [-0.1, -0.05) is 65.1 Å². The van der Waals surface area contributed by atoms with Crippen molar-refractivity contribution in [1.82, 2.24) is 0 Å². The quantitative estimate of drug-likeness (QED) is 0.324. The Morgan fingerprint density at radius 3 is 2.00 bits per heavy atom. The van der Waals surface area contributed by atoms with E-state index in [9.17, 15) is 0 Å². The van der Waals surface area contributed by atoms with Crippen LogP contribution in [0.25, 0.3) is 0 Å². The van der Waals surface area contributed by atoms with Crippen molar-refractivity contribution in [2.75, 3.05) is 13.2 Å². The summed E-state index contributed by atoms with van der Waals surface area (Å²) in [5, 5.41) is 0. The van der Waals surface area contributed by atoms with Gasteiger partial charge in [-0.05, 0) is 66.4 Å². The molecule has 3 aliphatic carbocycles. The summed E-state index contributed by atoms with van der Waals surface area (Å²) in [5.74, 6) is 10.3. The molecule has 4 rings (SSSR count). The first-order chi connectivity index (χ1) is 15.2. The van der Waals surface area contributed by atoms with Crippen LogP contribution >= 0.6 is 17.0 Å². The van der Waals surface area contributed by atoms with E-state index in [1.807, 2.05) is 0 Å². The first kappa shape index (κ1) is 27.7. The van der Waals surface area contributed by atoms with Crippen molar-refractivity contribution in [2.45, 2.75) is 66.3 Å². The number of hydrogen-bond donors (Lipinski definition) is 0. The SMILES string of the molecule is C[C]1[C](C)[C](C)[C]([Si](C)(C)[C]2[CH][C](CCC3OCCCO3)[C]3C=CC=C[C]32)[C]1C.[Cl][Zr+2][Cl]. The van der Waals surface area contributed by atoms with E-state index < -0.39 is 28.9 Å². The maximum absolute atomic E-state index is 5.79. The molecule has 1 heterocycles. The molecular weight excluding hydrogens is 535 g/mol. The molecule has 2 saturated carbocycles. The van der Waals surface area contributed by atoms with Gasteiger partial charge in [0.05, 0.1) is 21.3 Å². The Balaban J connectivity index is 0.000000913. The van der Waals surface area contributed by atoms with E-state index in [4.69, 9.17) is 26.5 Å². The second-order valence-electron chi connectivity index (χ2n) is 9.26. The molecule has 0 atom stereocenters. The summed E-state index contributed by atoms with van der Waals surface area (Å²) in [4.78, 5) is 0. The summed E-state index contributed by atoms with van der Waals surface area (Å²) in [5.41, 5.74) is 3.21. The summed E-state index contributed by atoms with van der Waals surface area (Å²) in [6.45, 7) is 15.9. The van der Waals surface area contributed by atoms with Gasteiger partial charge in [-0.15, -0.1) is 0 Å². The van der Waals surface area contributed by atoms with E-state index in [1.165, 1.54) is 41.4 Å². The summed E-state index contributed by atoms with van der Waals surface area (Å²) in [7, 11) is 8.04. The van der Waals surface area contributed by atoms with E-state index in [2.05, 4.69) is 71.5 Å². The van der Waals surface area contributed by atoms with Crippen molar-refractivity contribution in [1.29, 1.82) is 0 Å². The minimum atomic E-state index is -1.83. The normalized spacial score (nSPS) is 26.5. The van der Waals surface area contributed by atoms with Gasteiger partial charge in [-0.25, -0.2) is 0 Å². The van der Waals surface area contributed by atoms with Crippen molar-refractivity contribution in [3.05, 3.63) is 83.2 Å². The maximum atomic E-state index is 5.79. The number of ether oxygens (including phenoxy) is 2. The van der Waals surface area contributed by atoms with Crippen LogP contribution in [0.5, 0.6) is 0 Å². The summed E-state index contributed by atoms with van der Waals surface area (Å²) >= 11 is -0.826. The number of fused-ring (bicyclic) bond motifs is 1. The molecule has 0 aromatic rings. The zero-order valence-corrected chi connectivity index (χ0v) is 25.0. The van der Waals surface area contributed by atoms with E-state index in [-0.39, 0.29) is 6.29 Å². The molecule has 0 unspecified atom stereocenters. The van der Waals surface area contributed by atoms with Crippen molar-refractivity contribution in [2.24, 2.45) is 0 Å². The van der Waals surface area contributed by atoms with Crippen molar-refractivity contribution in [3.63, 3.8) is 0 Å². The topological polar surface area (TPSA) is 18.5 Å². The van der Waals surface area contributed by atoms with Crippen molar-refractivity contribution in [3.8, 4) is 0 Å². The van der Waals surface area contributed by atoms with Crippen molar-refractivity contribution < 1.29 is 30.3 Å². The molecule has 0 spiro atoms. The van der Waals surface area contributed by atoms with Gasteiger partial charge in [-0.3, -0.25) is 0 Å². The molecule has 1 aliphatic heterocycles. The number of rotatable bonds is 5. The van der Waals surface area contributed by atoms with Crippen LogP contribution in [0.4, 0.5) is 0 Å². The van der Waals surface area contributed by atoms with Gasteiger partial charge in [0.15, 0.2) is 6.29 Å². The molecule has 0 bridgehead atoms. The summed E-state index contributed by atoms with van der Waals surface area (Å²) in [6, 6.07) is 0. The molecule has 0 aromatic heterocycles. The van der Waals surface area contributed by atoms with E-state index >= 15 is 0 Å². The van der Waals surface area contributed by atoms with Gasteiger partial charge in [-0.2, -0.15) is 0 Å². The standard InChI is InChI=1S/C26H34O2Si.2ClH.Zr/c1-17-18(2)20(4)26(19(17)3)29(5,6)24-16-21(22-10-7-8-11-23(22)24)12-13-25-27-14-9-15-28-25;;;/h7-8,10-11,16,25H,9,12-15H2,1-6H3;2*1H;/q;;;+4/p-2. The third-order valence-electron chi connectivity index (χ3n) is 7.16. The Bertz CT molecular complexity index is 638. The predicted octanol–water partition coefficient (Wildman–Crippen LogP) is 7.30. The van der Waals surface area contributed by atoms with Crippen LogP contribution in [0.2, 0.25) is 13.1 Å². The van der Waals surface area contributed by atoms with Crippen LogP contribution in [0.3, 0.4) is 0 Å². The first-order valence-corrected chi connectivity index (χ1v) is 20.7. The first-order valence-electron chi connectivity index (χ1n) is 11.3. The fraction of sp³-hybridized carbons (Fsp3) is 0.462. The third kappa shape index (κ3) is 5.89. The summed E-state index contributed by atoms with van der Waals surface area (Å²) < 4.78 is 11.6. The molecular formula is C26H34Cl2O2SiZr+2. The van der Waals surface area contributed by atoms with Gasteiger partial charge in [0.1, 0.15) is 0 Å². The van der Waals surface area contributed by atoms with E-state index in [0.29, 0.717) is 0 Å². The summed E-state index contributed by atoms with van der Waals surface area (Å²) in [6.07, 6.45) is 14.4. The van der Waals surface area contributed by atoms with Crippen LogP contribution < -0.4 is 0 Å². The molecule has 2 nitrogen and oxygen atoms in total. The second kappa shape index (κ2) is 12.4. The fourth-order valence-corrected chi connectivity index (χ4v) is 9.26. The van der Waals surface area contributed by atoms with Crippen molar-refractivity contribution >= 4 is 25.1 Å². The van der Waals surface area contributed by atoms with Crippen LogP contribution in [-0.2, 0) is 30.3 Å². The Labute approximate surface area is 216 Å². The third-order valence-corrected chi connectivity index (χ3v) is 10.9. The number of halogens is 2. The molecule has 32 heavy (non-hydrogen) atoms. The fourth-order valence-electron chi connectivity index (χ4n) is 5.32. The Morgan fingerprint density at radius 1 is 0.906 bits per heavy atom. The van der Waals surface area contributed by atoms with Crippen LogP contribution in [0, 0.1) is 58.9 Å². The predicted molar refractivity (Wildman–Crippen MR) is 133 cm³/mol. The van der Waals surface area contributed by atoms with Gasteiger partial charge < -0.3 is 9.47 Å². The molecule has 10 radical (unpaired) electrons. The molecule has 6 heteroatoms. The number of allylic oxidation sites excluding steroid dienone is 4. The molecule has 3 fully saturated rings. The van der Waals surface area contributed by atoms with E-state index in [1.54, 1.807) is 11.1 Å². The molecule has 1 saturated heterocycles. The van der Waals surface area contributed by atoms with Gasteiger partial charge in [0.25, 0.3) is 0 Å². The molecule has 0 amide bonds. The van der Waals surface area contributed by atoms with Gasteiger partial charge in [0.2, 0.25) is 0 Å². The molecule has 0 N–H and O–H groups in total. The average Bonchev–Trinajstić information content (AvgIpc) is 3.25. The molecule has 4 aliphatic rings. The minimum absolute atomic E-state index is 0.0454. The number of hydrogen-bond acceptors (Lipinski definition) is 2. The zero-order chi connectivity index (χ0) is 23.5. The molecule has 0 aromatic carbocycles. The Kier molecular flexibility index (Phi) is 10.7. The van der Waals surface area contributed by atoms with Crippen LogP contribution in [-0.4, -0.2) is 27.6 Å². The van der Waals surface area contributed by atoms with Gasteiger partial charge >= 0.3 is 37.9 Å². The van der Waals surface area contributed by atoms with Gasteiger partial charge in [0, 0.05) is 11.8 Å². The van der Waals surface area contributed by atoms with Crippen LogP contribution in [0.15, 0.2) is 24.3 Å².